The molecule has 8 heteroatoms. The number of aromatic nitrogens is 1. The molecule has 0 atom stereocenters. The first-order valence-electron chi connectivity index (χ1n) is 7.74. The lowest BCUT2D eigenvalue weighted by Crippen LogP contribution is -2.21. The molecule has 6 nitrogen and oxygen atoms in total. The predicted octanol–water partition coefficient (Wildman–Crippen LogP) is 3.62. The number of ether oxygens (including phenoxy) is 1. The van der Waals surface area contributed by atoms with Crippen LogP contribution in [-0.4, -0.2) is 23.5 Å². The Morgan fingerprint density at radius 3 is 2.74 bits per heavy atom. The van der Waals surface area contributed by atoms with Crippen molar-refractivity contribution in [1.29, 1.82) is 5.26 Å². The third kappa shape index (κ3) is 4.74. The SMILES string of the molecule is N#Cc1cccc(NC(=O)COC(=O)c2csc(-c3ccc(F)cc3)n2)c1. The number of esters is 1. The summed E-state index contributed by atoms with van der Waals surface area (Å²) < 4.78 is 17.9. The standard InChI is InChI=1S/C19H12FN3O3S/c20-14-6-4-13(5-7-14)18-23-16(11-27-18)19(25)26-10-17(24)22-15-3-1-2-12(8-15)9-21/h1-8,11H,10H2,(H,22,24). The average molecular weight is 381 g/mol. The number of benzene rings is 2. The van der Waals surface area contributed by atoms with Gasteiger partial charge in [-0.3, -0.25) is 4.79 Å². The molecule has 3 aromatic rings. The van der Waals surface area contributed by atoms with Crippen molar-refractivity contribution in [3.05, 3.63) is 71.0 Å². The first kappa shape index (κ1) is 18.2. The largest absolute Gasteiger partial charge is 0.451 e. The van der Waals surface area contributed by atoms with Gasteiger partial charge in [0.1, 0.15) is 10.8 Å². The Hall–Kier alpha value is -3.57. The third-order valence-electron chi connectivity index (χ3n) is 3.41. The number of amides is 1. The number of rotatable bonds is 5. The molecule has 0 unspecified atom stereocenters. The number of carbonyl (C=O) groups is 2. The topological polar surface area (TPSA) is 92.1 Å². The van der Waals surface area contributed by atoms with Crippen LogP contribution < -0.4 is 5.32 Å². The first-order valence-corrected chi connectivity index (χ1v) is 8.62. The van der Waals surface area contributed by atoms with Gasteiger partial charge in [-0.15, -0.1) is 11.3 Å². The lowest BCUT2D eigenvalue weighted by Gasteiger charge is -2.06. The van der Waals surface area contributed by atoms with Crippen molar-refractivity contribution >= 4 is 28.9 Å². The summed E-state index contributed by atoms with van der Waals surface area (Å²) in [6.45, 7) is -0.487. The van der Waals surface area contributed by atoms with Gasteiger partial charge in [-0.2, -0.15) is 5.26 Å². The highest BCUT2D eigenvalue weighted by molar-refractivity contribution is 7.13. The molecule has 0 spiro atoms. The number of nitrogens with one attached hydrogen (secondary N) is 1. The van der Waals surface area contributed by atoms with E-state index in [1.54, 1.807) is 30.3 Å². The zero-order chi connectivity index (χ0) is 19.2. The predicted molar refractivity (Wildman–Crippen MR) is 97.6 cm³/mol. The maximum Gasteiger partial charge on any atom is 0.358 e. The zero-order valence-corrected chi connectivity index (χ0v) is 14.6. The molecule has 0 saturated heterocycles. The maximum atomic E-state index is 13.0. The number of anilines is 1. The molecule has 0 aliphatic rings. The molecule has 27 heavy (non-hydrogen) atoms. The van der Waals surface area contributed by atoms with Gasteiger partial charge in [0.05, 0.1) is 11.6 Å². The second-order valence-electron chi connectivity index (χ2n) is 5.36. The minimum Gasteiger partial charge on any atom is -0.451 e. The van der Waals surface area contributed by atoms with Gasteiger partial charge in [0, 0.05) is 16.6 Å². The molecule has 1 aromatic heterocycles. The van der Waals surface area contributed by atoms with Crippen LogP contribution in [0.2, 0.25) is 0 Å². The fraction of sp³-hybridized carbons (Fsp3) is 0.0526. The molecule has 0 saturated carbocycles. The number of nitrogens with zero attached hydrogens (tertiary/aromatic N) is 2. The van der Waals surface area contributed by atoms with Crippen LogP contribution in [0.5, 0.6) is 0 Å². The van der Waals surface area contributed by atoms with E-state index in [2.05, 4.69) is 10.3 Å². The fourth-order valence-corrected chi connectivity index (χ4v) is 2.96. The zero-order valence-electron chi connectivity index (χ0n) is 13.8. The number of hydrogen-bond donors (Lipinski definition) is 1. The molecule has 3 rings (SSSR count). The van der Waals surface area contributed by atoms with Gasteiger partial charge in [0.2, 0.25) is 0 Å². The van der Waals surface area contributed by atoms with E-state index < -0.39 is 18.5 Å². The molecule has 134 valence electrons. The van der Waals surface area contributed by atoms with E-state index >= 15 is 0 Å². The second-order valence-corrected chi connectivity index (χ2v) is 6.22. The average Bonchev–Trinajstić information content (AvgIpc) is 3.17. The van der Waals surface area contributed by atoms with Gasteiger partial charge in [-0.05, 0) is 42.5 Å². The smallest absolute Gasteiger partial charge is 0.358 e. The van der Waals surface area contributed by atoms with Crippen LogP contribution in [0.15, 0.2) is 53.9 Å². The quantitative estimate of drug-likeness (QED) is 0.682. The first-order chi connectivity index (χ1) is 13.0. The van der Waals surface area contributed by atoms with Gasteiger partial charge < -0.3 is 10.1 Å². The van der Waals surface area contributed by atoms with Crippen molar-refractivity contribution in [3.63, 3.8) is 0 Å². The monoisotopic (exact) mass is 381 g/mol. The van der Waals surface area contributed by atoms with Crippen molar-refractivity contribution < 1.29 is 18.7 Å². The molecule has 0 bridgehead atoms. The number of nitriles is 1. The molecule has 0 aliphatic carbocycles. The van der Waals surface area contributed by atoms with Gasteiger partial charge >= 0.3 is 5.97 Å². The van der Waals surface area contributed by atoms with Crippen LogP contribution >= 0.6 is 11.3 Å². The van der Waals surface area contributed by atoms with E-state index in [0.717, 1.165) is 0 Å². The molecule has 1 amide bonds. The Morgan fingerprint density at radius 1 is 1.22 bits per heavy atom. The number of halogens is 1. The van der Waals surface area contributed by atoms with Crippen molar-refractivity contribution in [2.45, 2.75) is 0 Å². The fourth-order valence-electron chi connectivity index (χ4n) is 2.16. The molecule has 1 heterocycles. The van der Waals surface area contributed by atoms with Crippen LogP contribution in [0.1, 0.15) is 16.1 Å². The summed E-state index contributed by atoms with van der Waals surface area (Å²) >= 11 is 1.21. The van der Waals surface area contributed by atoms with Gasteiger partial charge in [0.15, 0.2) is 12.3 Å². The number of carbonyl (C=O) groups excluding carboxylic acids is 2. The minimum absolute atomic E-state index is 0.0682. The van der Waals surface area contributed by atoms with Gasteiger partial charge in [0.25, 0.3) is 5.91 Å². The van der Waals surface area contributed by atoms with Crippen LogP contribution in [0.25, 0.3) is 10.6 Å². The highest BCUT2D eigenvalue weighted by atomic mass is 32.1. The Balaban J connectivity index is 1.57. The molecular formula is C19H12FN3O3S. The van der Waals surface area contributed by atoms with E-state index in [9.17, 15) is 14.0 Å². The maximum absolute atomic E-state index is 13.0. The lowest BCUT2D eigenvalue weighted by atomic mass is 10.2. The number of hydrogen-bond acceptors (Lipinski definition) is 6. The minimum atomic E-state index is -0.736. The van der Waals surface area contributed by atoms with Crippen LogP contribution in [0.4, 0.5) is 10.1 Å². The molecule has 0 radical (unpaired) electrons. The van der Waals surface area contributed by atoms with Crippen LogP contribution in [0.3, 0.4) is 0 Å². The Kier molecular flexibility index (Phi) is 5.54. The van der Waals surface area contributed by atoms with E-state index in [0.29, 0.717) is 21.8 Å². The summed E-state index contributed by atoms with van der Waals surface area (Å²) in [5.74, 6) is -1.63. The van der Waals surface area contributed by atoms with Gasteiger partial charge in [-0.1, -0.05) is 6.07 Å². The normalized spacial score (nSPS) is 10.1. The third-order valence-corrected chi connectivity index (χ3v) is 4.31. The number of thiazole rings is 1. The van der Waals surface area contributed by atoms with Crippen LogP contribution in [0, 0.1) is 17.1 Å². The lowest BCUT2D eigenvalue weighted by molar-refractivity contribution is -0.119. The van der Waals surface area contributed by atoms with E-state index in [4.69, 9.17) is 10.00 Å². The van der Waals surface area contributed by atoms with Crippen molar-refractivity contribution in [3.8, 4) is 16.6 Å². The van der Waals surface area contributed by atoms with Crippen LogP contribution in [-0.2, 0) is 9.53 Å². The van der Waals surface area contributed by atoms with Crippen molar-refractivity contribution in [2.75, 3.05) is 11.9 Å². The summed E-state index contributed by atoms with van der Waals surface area (Å²) in [6, 6.07) is 14.1. The molecule has 0 aliphatic heterocycles. The van der Waals surface area contributed by atoms with E-state index in [-0.39, 0.29) is 11.5 Å². The second kappa shape index (κ2) is 8.21. The Labute approximate surface area is 157 Å². The molecular weight excluding hydrogens is 369 g/mol. The summed E-state index contributed by atoms with van der Waals surface area (Å²) in [5.41, 5.74) is 1.58. The molecule has 2 aromatic carbocycles. The summed E-state index contributed by atoms with van der Waals surface area (Å²) in [6.07, 6.45) is 0. The summed E-state index contributed by atoms with van der Waals surface area (Å²) in [5, 5.41) is 13.4. The highest BCUT2D eigenvalue weighted by Crippen LogP contribution is 2.24. The molecule has 1 N–H and O–H groups in total. The Morgan fingerprint density at radius 2 is 2.00 bits per heavy atom. The summed E-state index contributed by atoms with van der Waals surface area (Å²) in [7, 11) is 0. The van der Waals surface area contributed by atoms with Crippen molar-refractivity contribution in [1.82, 2.24) is 4.98 Å². The van der Waals surface area contributed by atoms with Crippen molar-refractivity contribution in [2.24, 2.45) is 0 Å². The highest BCUT2D eigenvalue weighted by Gasteiger charge is 2.15. The Bertz CT molecular complexity index is 1030. The van der Waals surface area contributed by atoms with E-state index in [1.807, 2.05) is 6.07 Å². The van der Waals surface area contributed by atoms with Gasteiger partial charge in [-0.25, -0.2) is 14.2 Å². The summed E-state index contributed by atoms with van der Waals surface area (Å²) in [4.78, 5) is 28.1. The molecule has 0 fully saturated rings. The van der Waals surface area contributed by atoms with E-state index in [1.165, 1.54) is 34.9 Å².